The fourth-order valence-electron chi connectivity index (χ4n) is 2.71. The third-order valence-electron chi connectivity index (χ3n) is 4.13. The van der Waals surface area contributed by atoms with Crippen molar-refractivity contribution in [1.29, 1.82) is 0 Å². The van der Waals surface area contributed by atoms with E-state index in [2.05, 4.69) is 5.32 Å². The molecule has 0 saturated carbocycles. The fourth-order valence-corrected chi connectivity index (χ4v) is 2.71. The van der Waals surface area contributed by atoms with Crippen LogP contribution < -0.4 is 10.9 Å². The van der Waals surface area contributed by atoms with Crippen LogP contribution in [-0.4, -0.2) is 15.3 Å². The van der Waals surface area contributed by atoms with E-state index in [1.807, 2.05) is 30.3 Å². The number of amides is 1. The zero-order valence-electron chi connectivity index (χ0n) is 14.0. The first kappa shape index (κ1) is 16.7. The van der Waals surface area contributed by atoms with Gasteiger partial charge >= 0.3 is 0 Å². The Morgan fingerprint density at radius 2 is 1.72 bits per heavy atom. The Bertz CT molecular complexity index is 974. The first-order chi connectivity index (χ1) is 12.0. The van der Waals surface area contributed by atoms with Gasteiger partial charge in [-0.05, 0) is 30.7 Å². The molecular formula is C19H18FN3O2. The van der Waals surface area contributed by atoms with E-state index in [0.717, 1.165) is 0 Å². The lowest BCUT2D eigenvalue weighted by atomic mass is 10.1. The number of nitrogens with one attached hydrogen (secondary N) is 1. The maximum absolute atomic E-state index is 13.7. The summed E-state index contributed by atoms with van der Waals surface area (Å²) in [6, 6.07) is 15.2. The molecule has 2 aromatic carbocycles. The summed E-state index contributed by atoms with van der Waals surface area (Å²) in [4.78, 5) is 25.0. The Labute approximate surface area is 144 Å². The average Bonchev–Trinajstić information content (AvgIpc) is 2.81. The van der Waals surface area contributed by atoms with Gasteiger partial charge in [0.25, 0.3) is 5.56 Å². The molecule has 1 amide bonds. The molecular weight excluding hydrogens is 321 g/mol. The van der Waals surface area contributed by atoms with Gasteiger partial charge in [0, 0.05) is 7.05 Å². The normalized spacial score (nSPS) is 10.7. The molecule has 3 rings (SSSR count). The molecule has 0 aliphatic carbocycles. The van der Waals surface area contributed by atoms with Crippen molar-refractivity contribution in [2.75, 3.05) is 5.32 Å². The summed E-state index contributed by atoms with van der Waals surface area (Å²) in [5.74, 6) is -0.875. The van der Waals surface area contributed by atoms with Gasteiger partial charge in [0.1, 0.15) is 11.5 Å². The van der Waals surface area contributed by atoms with Crippen LogP contribution in [0, 0.1) is 12.7 Å². The monoisotopic (exact) mass is 339 g/mol. The third kappa shape index (κ3) is 3.24. The van der Waals surface area contributed by atoms with Gasteiger partial charge in [0.15, 0.2) is 0 Å². The molecule has 5 nitrogen and oxygen atoms in total. The third-order valence-corrected chi connectivity index (χ3v) is 4.13. The lowest BCUT2D eigenvalue weighted by Crippen LogP contribution is -2.23. The zero-order chi connectivity index (χ0) is 18.0. The highest BCUT2D eigenvalue weighted by molar-refractivity contribution is 5.92. The number of para-hydroxylation sites is 1. The van der Waals surface area contributed by atoms with Crippen LogP contribution in [0.5, 0.6) is 0 Å². The molecule has 25 heavy (non-hydrogen) atoms. The van der Waals surface area contributed by atoms with Crippen LogP contribution in [-0.2, 0) is 18.3 Å². The predicted molar refractivity (Wildman–Crippen MR) is 94.5 cm³/mol. The van der Waals surface area contributed by atoms with E-state index in [4.69, 9.17) is 0 Å². The molecule has 0 aliphatic heterocycles. The maximum atomic E-state index is 13.7. The number of hydrogen-bond donors (Lipinski definition) is 1. The quantitative estimate of drug-likeness (QED) is 0.795. The van der Waals surface area contributed by atoms with Crippen molar-refractivity contribution in [3.05, 3.63) is 82.0 Å². The summed E-state index contributed by atoms with van der Waals surface area (Å²) < 4.78 is 16.8. The number of anilines is 1. The molecule has 0 atom stereocenters. The molecule has 1 N–H and O–H groups in total. The van der Waals surface area contributed by atoms with E-state index in [-0.39, 0.29) is 23.2 Å². The Balaban J connectivity index is 1.90. The molecule has 0 saturated heterocycles. The van der Waals surface area contributed by atoms with E-state index in [9.17, 15) is 14.0 Å². The number of halogens is 1. The molecule has 1 aromatic heterocycles. The standard InChI is InChI=1S/C19H18FN3O2/c1-13-18(21-17(24)12-14-8-6-7-11-16(14)20)19(25)23(22(13)2)15-9-4-3-5-10-15/h3-11H,12H2,1-2H3,(H,21,24). The number of hydrogen-bond acceptors (Lipinski definition) is 2. The highest BCUT2D eigenvalue weighted by Crippen LogP contribution is 2.15. The second-order valence-electron chi connectivity index (χ2n) is 5.75. The second kappa shape index (κ2) is 6.76. The fraction of sp³-hybridized carbons (Fsp3) is 0.158. The molecule has 0 unspecified atom stereocenters. The van der Waals surface area contributed by atoms with E-state index in [1.54, 1.807) is 36.9 Å². The molecule has 0 fully saturated rings. The van der Waals surface area contributed by atoms with Crippen LogP contribution in [0.4, 0.5) is 10.1 Å². The molecule has 0 radical (unpaired) electrons. The van der Waals surface area contributed by atoms with Crippen molar-refractivity contribution in [2.45, 2.75) is 13.3 Å². The maximum Gasteiger partial charge on any atom is 0.295 e. The first-order valence-electron chi connectivity index (χ1n) is 7.86. The van der Waals surface area contributed by atoms with E-state index in [1.165, 1.54) is 10.7 Å². The molecule has 0 bridgehead atoms. The molecule has 3 aromatic rings. The van der Waals surface area contributed by atoms with Gasteiger partial charge in [-0.25, -0.2) is 9.07 Å². The van der Waals surface area contributed by atoms with E-state index >= 15 is 0 Å². The summed E-state index contributed by atoms with van der Waals surface area (Å²) in [5.41, 5.74) is 1.49. The Kier molecular flexibility index (Phi) is 4.52. The van der Waals surface area contributed by atoms with Gasteiger partial charge < -0.3 is 5.32 Å². The number of rotatable bonds is 4. The minimum absolute atomic E-state index is 0.133. The highest BCUT2D eigenvalue weighted by atomic mass is 19.1. The van der Waals surface area contributed by atoms with Crippen molar-refractivity contribution in [3.8, 4) is 5.69 Å². The second-order valence-corrected chi connectivity index (χ2v) is 5.75. The Morgan fingerprint density at radius 1 is 1.08 bits per heavy atom. The van der Waals surface area contributed by atoms with Gasteiger partial charge in [0.2, 0.25) is 5.91 Å². The summed E-state index contributed by atoms with van der Waals surface area (Å²) in [6.07, 6.45) is -0.133. The van der Waals surface area contributed by atoms with Crippen molar-refractivity contribution in [1.82, 2.24) is 9.36 Å². The number of carbonyl (C=O) groups excluding carboxylic acids is 1. The van der Waals surface area contributed by atoms with Gasteiger partial charge in [0.05, 0.1) is 17.8 Å². The van der Waals surface area contributed by atoms with Crippen LogP contribution >= 0.6 is 0 Å². The SMILES string of the molecule is Cc1c(NC(=O)Cc2ccccc2F)c(=O)n(-c2ccccc2)n1C. The van der Waals surface area contributed by atoms with Gasteiger partial charge in [-0.3, -0.25) is 14.3 Å². The highest BCUT2D eigenvalue weighted by Gasteiger charge is 2.18. The lowest BCUT2D eigenvalue weighted by molar-refractivity contribution is -0.115. The summed E-state index contributed by atoms with van der Waals surface area (Å²) in [7, 11) is 1.75. The van der Waals surface area contributed by atoms with Crippen LogP contribution in [0.2, 0.25) is 0 Å². The minimum Gasteiger partial charge on any atom is -0.320 e. The largest absolute Gasteiger partial charge is 0.320 e. The lowest BCUT2D eigenvalue weighted by Gasteiger charge is -2.07. The van der Waals surface area contributed by atoms with Gasteiger partial charge in [-0.1, -0.05) is 36.4 Å². The van der Waals surface area contributed by atoms with Crippen molar-refractivity contribution >= 4 is 11.6 Å². The Morgan fingerprint density at radius 3 is 2.40 bits per heavy atom. The predicted octanol–water partition coefficient (Wildman–Crippen LogP) is 2.80. The molecule has 0 aliphatic rings. The smallest absolute Gasteiger partial charge is 0.295 e. The number of benzene rings is 2. The van der Waals surface area contributed by atoms with Gasteiger partial charge in [-0.15, -0.1) is 0 Å². The summed E-state index contributed by atoms with van der Waals surface area (Å²) in [6.45, 7) is 1.75. The zero-order valence-corrected chi connectivity index (χ0v) is 14.0. The average molecular weight is 339 g/mol. The molecule has 6 heteroatoms. The summed E-state index contributed by atoms with van der Waals surface area (Å²) >= 11 is 0. The van der Waals surface area contributed by atoms with Crippen LogP contribution in [0.15, 0.2) is 59.4 Å². The molecule has 0 spiro atoms. The number of nitrogens with zero attached hydrogens (tertiary/aromatic N) is 2. The number of carbonyl (C=O) groups is 1. The topological polar surface area (TPSA) is 56.0 Å². The van der Waals surface area contributed by atoms with Crippen molar-refractivity contribution < 1.29 is 9.18 Å². The van der Waals surface area contributed by atoms with E-state index < -0.39 is 11.7 Å². The first-order valence-corrected chi connectivity index (χ1v) is 7.86. The molecule has 128 valence electrons. The van der Waals surface area contributed by atoms with Crippen molar-refractivity contribution in [2.24, 2.45) is 7.05 Å². The summed E-state index contributed by atoms with van der Waals surface area (Å²) in [5, 5.41) is 2.63. The minimum atomic E-state index is -0.441. The van der Waals surface area contributed by atoms with Crippen LogP contribution in [0.25, 0.3) is 5.69 Å². The van der Waals surface area contributed by atoms with Gasteiger partial charge in [-0.2, -0.15) is 0 Å². The van der Waals surface area contributed by atoms with Crippen molar-refractivity contribution in [3.63, 3.8) is 0 Å². The van der Waals surface area contributed by atoms with E-state index in [0.29, 0.717) is 11.4 Å². The van der Waals surface area contributed by atoms with Crippen LogP contribution in [0.3, 0.4) is 0 Å². The Hall–Kier alpha value is -3.15. The molecule has 1 heterocycles. The number of aromatic nitrogens is 2. The van der Waals surface area contributed by atoms with Crippen LogP contribution in [0.1, 0.15) is 11.3 Å².